The van der Waals surface area contributed by atoms with Crippen LogP contribution >= 0.6 is 0 Å². The average Bonchev–Trinajstić information content (AvgIpc) is 2.28. The van der Waals surface area contributed by atoms with E-state index in [1.807, 2.05) is 36.4 Å². The molecule has 0 bridgehead atoms. The van der Waals surface area contributed by atoms with Crippen molar-refractivity contribution in [3.05, 3.63) is 47.5 Å². The molecule has 0 saturated carbocycles. The molecule has 0 fully saturated rings. The van der Waals surface area contributed by atoms with E-state index < -0.39 is 6.10 Å². The van der Waals surface area contributed by atoms with Crippen LogP contribution < -0.4 is 0 Å². The lowest BCUT2D eigenvalue weighted by Crippen LogP contribution is -2.06. The molecule has 0 aliphatic rings. The van der Waals surface area contributed by atoms with Gasteiger partial charge in [-0.2, -0.15) is 0 Å². The van der Waals surface area contributed by atoms with Gasteiger partial charge in [-0.25, -0.2) is 0 Å². The summed E-state index contributed by atoms with van der Waals surface area (Å²) in [7, 11) is 0. The van der Waals surface area contributed by atoms with Crippen LogP contribution in [-0.4, -0.2) is 17.5 Å². The van der Waals surface area contributed by atoms with Crippen molar-refractivity contribution >= 4 is 17.1 Å². The van der Waals surface area contributed by atoms with Gasteiger partial charge in [0.05, 0.1) is 6.10 Å². The zero-order chi connectivity index (χ0) is 11.5. The number of fused-ring (bicyclic) bond motifs is 1. The Morgan fingerprint density at radius 3 is 2.69 bits per heavy atom. The third kappa shape index (κ3) is 1.97. The summed E-state index contributed by atoms with van der Waals surface area (Å²) < 4.78 is 0. The smallest absolute Gasteiger partial charge is 0.150 e. The van der Waals surface area contributed by atoms with Crippen LogP contribution in [0.25, 0.3) is 10.8 Å². The molecule has 1 unspecified atom stereocenters. The molecule has 0 spiro atoms. The minimum absolute atomic E-state index is 0.431. The van der Waals surface area contributed by atoms with Gasteiger partial charge in [0, 0.05) is 5.56 Å². The number of aldehydes is 1. The number of carbonyl (C=O) groups is 1. The topological polar surface area (TPSA) is 37.3 Å². The van der Waals surface area contributed by atoms with Crippen LogP contribution in [-0.2, 0) is 6.42 Å². The number of rotatable bonds is 3. The van der Waals surface area contributed by atoms with Crippen LogP contribution in [0.15, 0.2) is 36.4 Å². The van der Waals surface area contributed by atoms with Crippen molar-refractivity contribution in [2.24, 2.45) is 0 Å². The lowest BCUT2D eigenvalue weighted by molar-refractivity contribution is 0.112. The molecule has 0 aliphatic heterocycles. The molecule has 0 aliphatic carbocycles. The molecule has 0 amide bonds. The molecular weight excluding hydrogens is 200 g/mol. The van der Waals surface area contributed by atoms with Gasteiger partial charge in [-0.3, -0.25) is 4.79 Å². The Morgan fingerprint density at radius 2 is 2.00 bits per heavy atom. The third-order valence-electron chi connectivity index (χ3n) is 2.69. The maximum Gasteiger partial charge on any atom is 0.150 e. The molecule has 16 heavy (non-hydrogen) atoms. The van der Waals surface area contributed by atoms with E-state index in [4.69, 9.17) is 0 Å². The van der Waals surface area contributed by atoms with E-state index in [-0.39, 0.29) is 0 Å². The van der Waals surface area contributed by atoms with E-state index in [1.54, 1.807) is 6.92 Å². The first-order chi connectivity index (χ1) is 7.72. The maximum atomic E-state index is 11.1. The van der Waals surface area contributed by atoms with E-state index in [1.165, 1.54) is 0 Å². The minimum Gasteiger partial charge on any atom is -0.393 e. The Kier molecular flexibility index (Phi) is 3.02. The van der Waals surface area contributed by atoms with Gasteiger partial charge in [-0.05, 0) is 29.7 Å². The predicted octanol–water partition coefficient (Wildman–Crippen LogP) is 2.58. The highest BCUT2D eigenvalue weighted by Crippen LogP contribution is 2.22. The van der Waals surface area contributed by atoms with E-state index in [2.05, 4.69) is 0 Å². The molecule has 2 nitrogen and oxygen atoms in total. The third-order valence-corrected chi connectivity index (χ3v) is 2.69. The lowest BCUT2D eigenvalue weighted by Gasteiger charge is -2.09. The van der Waals surface area contributed by atoms with E-state index >= 15 is 0 Å². The first-order valence-corrected chi connectivity index (χ1v) is 5.36. The molecular formula is C14H14O2. The van der Waals surface area contributed by atoms with Crippen molar-refractivity contribution in [1.82, 2.24) is 0 Å². The normalized spacial score (nSPS) is 12.6. The summed E-state index contributed by atoms with van der Waals surface area (Å²) in [5.74, 6) is 0. The first-order valence-electron chi connectivity index (χ1n) is 5.36. The number of hydrogen-bond donors (Lipinski definition) is 1. The van der Waals surface area contributed by atoms with Crippen LogP contribution in [0, 0.1) is 0 Å². The lowest BCUT2D eigenvalue weighted by atomic mass is 9.96. The quantitative estimate of drug-likeness (QED) is 0.797. The highest BCUT2D eigenvalue weighted by atomic mass is 16.3. The van der Waals surface area contributed by atoms with E-state index in [0.717, 1.165) is 22.6 Å². The minimum atomic E-state index is -0.431. The molecule has 1 N–H and O–H groups in total. The maximum absolute atomic E-state index is 11.1. The molecule has 82 valence electrons. The molecule has 1 atom stereocenters. The van der Waals surface area contributed by atoms with Crippen LogP contribution in [0.3, 0.4) is 0 Å². The van der Waals surface area contributed by atoms with Gasteiger partial charge in [0.1, 0.15) is 0 Å². The Bertz CT molecular complexity index is 515. The summed E-state index contributed by atoms with van der Waals surface area (Å²) >= 11 is 0. The summed E-state index contributed by atoms with van der Waals surface area (Å²) in [6.07, 6.45) is 0.957. The van der Waals surface area contributed by atoms with E-state index in [9.17, 15) is 9.90 Å². The molecule has 2 rings (SSSR count). The Morgan fingerprint density at radius 1 is 1.25 bits per heavy atom. The standard InChI is InChI=1S/C14H14O2/c1-10(16)8-12-7-6-11-4-2-3-5-13(11)14(12)9-15/h2-7,9-10,16H,8H2,1H3. The molecule has 2 aromatic carbocycles. The van der Waals surface area contributed by atoms with Gasteiger partial charge in [0.15, 0.2) is 6.29 Å². The number of hydrogen-bond acceptors (Lipinski definition) is 2. The second-order valence-corrected chi connectivity index (χ2v) is 4.03. The van der Waals surface area contributed by atoms with Gasteiger partial charge in [-0.15, -0.1) is 0 Å². The van der Waals surface area contributed by atoms with Gasteiger partial charge in [0.25, 0.3) is 0 Å². The Balaban J connectivity index is 2.63. The summed E-state index contributed by atoms with van der Waals surface area (Å²) in [6, 6.07) is 11.7. The van der Waals surface area contributed by atoms with Crippen LogP contribution in [0.4, 0.5) is 0 Å². The second kappa shape index (κ2) is 4.45. The predicted molar refractivity (Wildman–Crippen MR) is 64.7 cm³/mol. The van der Waals surface area contributed by atoms with Crippen LogP contribution in [0.2, 0.25) is 0 Å². The van der Waals surface area contributed by atoms with Crippen molar-refractivity contribution in [3.8, 4) is 0 Å². The summed E-state index contributed by atoms with van der Waals surface area (Å²) in [4.78, 5) is 11.1. The van der Waals surface area contributed by atoms with Crippen molar-refractivity contribution in [1.29, 1.82) is 0 Å². The molecule has 2 heteroatoms. The molecule has 0 radical (unpaired) electrons. The molecule has 0 aromatic heterocycles. The van der Waals surface area contributed by atoms with Crippen molar-refractivity contribution in [2.45, 2.75) is 19.4 Å². The second-order valence-electron chi connectivity index (χ2n) is 4.03. The van der Waals surface area contributed by atoms with Crippen LogP contribution in [0.5, 0.6) is 0 Å². The number of aliphatic hydroxyl groups excluding tert-OH is 1. The summed E-state index contributed by atoms with van der Waals surface area (Å²) in [5.41, 5.74) is 1.60. The van der Waals surface area contributed by atoms with Gasteiger partial charge in [0.2, 0.25) is 0 Å². The zero-order valence-electron chi connectivity index (χ0n) is 9.18. The molecule has 2 aromatic rings. The number of aliphatic hydroxyl groups is 1. The highest BCUT2D eigenvalue weighted by Gasteiger charge is 2.08. The van der Waals surface area contributed by atoms with E-state index in [0.29, 0.717) is 12.0 Å². The monoisotopic (exact) mass is 214 g/mol. The van der Waals surface area contributed by atoms with Gasteiger partial charge in [-0.1, -0.05) is 36.4 Å². The van der Waals surface area contributed by atoms with Crippen LogP contribution in [0.1, 0.15) is 22.8 Å². The fourth-order valence-electron chi connectivity index (χ4n) is 1.98. The van der Waals surface area contributed by atoms with Crippen molar-refractivity contribution in [2.75, 3.05) is 0 Å². The Hall–Kier alpha value is -1.67. The zero-order valence-corrected chi connectivity index (χ0v) is 9.18. The van der Waals surface area contributed by atoms with Gasteiger partial charge < -0.3 is 5.11 Å². The van der Waals surface area contributed by atoms with Crippen molar-refractivity contribution < 1.29 is 9.90 Å². The largest absolute Gasteiger partial charge is 0.393 e. The molecule has 0 heterocycles. The Labute approximate surface area is 94.5 Å². The summed E-state index contributed by atoms with van der Waals surface area (Å²) in [6.45, 7) is 1.73. The fourth-order valence-corrected chi connectivity index (χ4v) is 1.98. The number of benzene rings is 2. The van der Waals surface area contributed by atoms with Crippen molar-refractivity contribution in [3.63, 3.8) is 0 Å². The average molecular weight is 214 g/mol. The fraction of sp³-hybridized carbons (Fsp3) is 0.214. The molecule has 0 saturated heterocycles. The summed E-state index contributed by atoms with van der Waals surface area (Å²) in [5, 5.41) is 11.4. The highest BCUT2D eigenvalue weighted by molar-refractivity contribution is 5.99. The first kappa shape index (κ1) is 10.8. The number of carbonyl (C=O) groups excluding carboxylic acids is 1. The SMILES string of the molecule is CC(O)Cc1ccc2ccccc2c1C=O. The van der Waals surface area contributed by atoms with Gasteiger partial charge >= 0.3 is 0 Å².